The minimum atomic E-state index is -0.0610. The van der Waals surface area contributed by atoms with Crippen LogP contribution in [-0.2, 0) is 23.0 Å². The first kappa shape index (κ1) is 11.6. The van der Waals surface area contributed by atoms with Crippen LogP contribution in [0.3, 0.4) is 0 Å². The maximum Gasteiger partial charge on any atom is 0.140 e. The molecule has 1 aromatic heterocycles. The van der Waals surface area contributed by atoms with E-state index in [9.17, 15) is 4.79 Å². The van der Waals surface area contributed by atoms with Gasteiger partial charge in [0, 0.05) is 24.9 Å². The number of hydrogen-bond donors (Lipinski definition) is 0. The van der Waals surface area contributed by atoms with Gasteiger partial charge in [0.2, 0.25) is 0 Å². The second-order valence-corrected chi connectivity index (χ2v) is 4.53. The Kier molecular flexibility index (Phi) is 3.30. The molecule has 0 spiro atoms. The highest BCUT2D eigenvalue weighted by atomic mass is 35.5. The fourth-order valence-electron chi connectivity index (χ4n) is 2.02. The Balaban J connectivity index is 2.16. The second-order valence-electron chi connectivity index (χ2n) is 4.17. The van der Waals surface area contributed by atoms with Crippen LogP contribution >= 0.6 is 11.6 Å². The lowest BCUT2D eigenvalue weighted by atomic mass is 9.93. The molecule has 5 heteroatoms. The molecule has 0 radical (unpaired) electrons. The Morgan fingerprint density at radius 1 is 1.62 bits per heavy atom. The zero-order valence-corrected chi connectivity index (χ0v) is 10.3. The van der Waals surface area contributed by atoms with Crippen molar-refractivity contribution in [2.24, 2.45) is 13.0 Å². The number of hydrogen-bond acceptors (Lipinski definition) is 3. The van der Waals surface area contributed by atoms with Crippen LogP contribution in [0.5, 0.6) is 0 Å². The van der Waals surface area contributed by atoms with Crippen LogP contribution in [0.4, 0.5) is 0 Å². The number of aryl methyl sites for hydroxylation is 2. The van der Waals surface area contributed by atoms with E-state index in [1.165, 1.54) is 0 Å². The molecule has 2 heterocycles. The van der Waals surface area contributed by atoms with E-state index < -0.39 is 0 Å². The molecule has 0 amide bonds. The Morgan fingerprint density at radius 3 is 2.94 bits per heavy atom. The number of ketones is 1. The van der Waals surface area contributed by atoms with Gasteiger partial charge in [-0.05, 0) is 13.3 Å². The maximum absolute atomic E-state index is 11.7. The van der Waals surface area contributed by atoms with E-state index in [1.54, 1.807) is 11.7 Å². The van der Waals surface area contributed by atoms with Crippen LogP contribution in [0.25, 0.3) is 0 Å². The fraction of sp³-hybridized carbons (Fsp3) is 0.636. The highest BCUT2D eigenvalue weighted by molar-refractivity contribution is 6.30. The summed E-state index contributed by atoms with van der Waals surface area (Å²) in [4.78, 5) is 11.7. The van der Waals surface area contributed by atoms with E-state index >= 15 is 0 Å². The van der Waals surface area contributed by atoms with Gasteiger partial charge < -0.3 is 4.74 Å². The summed E-state index contributed by atoms with van der Waals surface area (Å²) in [5.41, 5.74) is 1.86. The Bertz CT molecular complexity index is 414. The van der Waals surface area contributed by atoms with E-state index in [1.807, 2.05) is 6.92 Å². The topological polar surface area (TPSA) is 44.1 Å². The van der Waals surface area contributed by atoms with Crippen molar-refractivity contribution in [3.05, 3.63) is 16.4 Å². The zero-order chi connectivity index (χ0) is 11.7. The average molecular weight is 243 g/mol. The van der Waals surface area contributed by atoms with Gasteiger partial charge in [0.1, 0.15) is 10.9 Å². The predicted octanol–water partition coefficient (Wildman–Crippen LogP) is 1.53. The second kappa shape index (κ2) is 4.55. The van der Waals surface area contributed by atoms with Crippen molar-refractivity contribution in [3.8, 4) is 0 Å². The molecule has 0 N–H and O–H groups in total. The number of carbonyl (C=O) groups is 1. The standard InChI is InChI=1S/C11H15ClN2O2/c1-7-9(11(12)14(2)13-7)5-8-6-16-4-3-10(8)15/h8H,3-6H2,1-2H3. The zero-order valence-electron chi connectivity index (χ0n) is 9.49. The molecule has 2 rings (SSSR count). The largest absolute Gasteiger partial charge is 0.380 e. The number of aromatic nitrogens is 2. The normalized spacial score (nSPS) is 21.4. The molecule has 1 atom stereocenters. The molecular weight excluding hydrogens is 228 g/mol. The summed E-state index contributed by atoms with van der Waals surface area (Å²) >= 11 is 6.13. The molecule has 0 aliphatic carbocycles. The van der Waals surface area contributed by atoms with Gasteiger partial charge >= 0.3 is 0 Å². The number of Topliss-reactive ketones (excluding diaryl/α,β-unsaturated/α-hetero) is 1. The average Bonchev–Trinajstić information content (AvgIpc) is 2.48. The third-order valence-corrected chi connectivity index (χ3v) is 3.46. The summed E-state index contributed by atoms with van der Waals surface area (Å²) in [5, 5.41) is 4.85. The van der Waals surface area contributed by atoms with Crippen molar-refractivity contribution >= 4 is 17.4 Å². The van der Waals surface area contributed by atoms with Crippen LogP contribution in [0, 0.1) is 12.8 Å². The number of carbonyl (C=O) groups excluding carboxylic acids is 1. The van der Waals surface area contributed by atoms with Gasteiger partial charge in [-0.1, -0.05) is 11.6 Å². The molecule has 0 aromatic carbocycles. The van der Waals surface area contributed by atoms with Gasteiger partial charge in [-0.2, -0.15) is 5.10 Å². The van der Waals surface area contributed by atoms with Gasteiger partial charge in [0.25, 0.3) is 0 Å². The van der Waals surface area contributed by atoms with Crippen molar-refractivity contribution in [2.45, 2.75) is 19.8 Å². The minimum absolute atomic E-state index is 0.0610. The van der Waals surface area contributed by atoms with Crippen molar-refractivity contribution in [2.75, 3.05) is 13.2 Å². The van der Waals surface area contributed by atoms with Crippen molar-refractivity contribution < 1.29 is 9.53 Å². The molecule has 4 nitrogen and oxygen atoms in total. The smallest absolute Gasteiger partial charge is 0.140 e. The molecule has 1 aliphatic heterocycles. The Labute approximate surface area is 99.5 Å². The highest BCUT2D eigenvalue weighted by Gasteiger charge is 2.25. The van der Waals surface area contributed by atoms with E-state index in [-0.39, 0.29) is 11.7 Å². The van der Waals surface area contributed by atoms with E-state index in [0.29, 0.717) is 31.2 Å². The molecule has 16 heavy (non-hydrogen) atoms. The summed E-state index contributed by atoms with van der Waals surface area (Å²) in [6.07, 6.45) is 1.15. The Hall–Kier alpha value is -0.870. The first-order chi connectivity index (χ1) is 7.59. The summed E-state index contributed by atoms with van der Waals surface area (Å²) in [6, 6.07) is 0. The monoisotopic (exact) mass is 242 g/mol. The molecule has 1 aromatic rings. The third kappa shape index (κ3) is 2.13. The molecular formula is C11H15ClN2O2. The van der Waals surface area contributed by atoms with Crippen LogP contribution in [0.15, 0.2) is 0 Å². The SMILES string of the molecule is Cc1nn(C)c(Cl)c1CC1COCCC1=O. The van der Waals surface area contributed by atoms with Crippen molar-refractivity contribution in [1.29, 1.82) is 0 Å². The molecule has 1 aliphatic rings. The van der Waals surface area contributed by atoms with E-state index in [4.69, 9.17) is 16.3 Å². The van der Waals surface area contributed by atoms with Gasteiger partial charge in [-0.15, -0.1) is 0 Å². The summed E-state index contributed by atoms with van der Waals surface area (Å²) in [6.45, 7) is 2.97. The van der Waals surface area contributed by atoms with Gasteiger partial charge in [0.05, 0.1) is 18.9 Å². The summed E-state index contributed by atoms with van der Waals surface area (Å²) in [7, 11) is 1.80. The van der Waals surface area contributed by atoms with Crippen LogP contribution in [0.2, 0.25) is 5.15 Å². The molecule has 88 valence electrons. The van der Waals surface area contributed by atoms with Gasteiger partial charge in [-0.25, -0.2) is 0 Å². The molecule has 1 fully saturated rings. The first-order valence-corrected chi connectivity index (χ1v) is 5.76. The number of ether oxygens (including phenoxy) is 1. The Morgan fingerprint density at radius 2 is 2.38 bits per heavy atom. The molecule has 1 unspecified atom stereocenters. The van der Waals surface area contributed by atoms with Crippen LogP contribution in [-0.4, -0.2) is 28.8 Å². The maximum atomic E-state index is 11.7. The van der Waals surface area contributed by atoms with Crippen LogP contribution in [0.1, 0.15) is 17.7 Å². The predicted molar refractivity (Wildman–Crippen MR) is 60.6 cm³/mol. The number of nitrogens with zero attached hydrogens (tertiary/aromatic N) is 2. The number of halogens is 1. The minimum Gasteiger partial charge on any atom is -0.380 e. The van der Waals surface area contributed by atoms with Gasteiger partial charge in [0.15, 0.2) is 0 Å². The molecule has 0 saturated carbocycles. The van der Waals surface area contributed by atoms with E-state index in [2.05, 4.69) is 5.10 Å². The number of rotatable bonds is 2. The van der Waals surface area contributed by atoms with Crippen LogP contribution < -0.4 is 0 Å². The molecule has 1 saturated heterocycles. The highest BCUT2D eigenvalue weighted by Crippen LogP contribution is 2.24. The van der Waals surface area contributed by atoms with Crippen molar-refractivity contribution in [3.63, 3.8) is 0 Å². The lowest BCUT2D eigenvalue weighted by molar-refractivity contribution is -0.130. The quantitative estimate of drug-likeness (QED) is 0.790. The summed E-state index contributed by atoms with van der Waals surface area (Å²) in [5.74, 6) is 0.208. The molecule has 0 bridgehead atoms. The lowest BCUT2D eigenvalue weighted by Gasteiger charge is -2.20. The lowest BCUT2D eigenvalue weighted by Crippen LogP contribution is -2.29. The first-order valence-electron chi connectivity index (χ1n) is 5.38. The van der Waals surface area contributed by atoms with E-state index in [0.717, 1.165) is 11.3 Å². The summed E-state index contributed by atoms with van der Waals surface area (Å²) < 4.78 is 6.96. The third-order valence-electron chi connectivity index (χ3n) is 2.99. The van der Waals surface area contributed by atoms with Gasteiger partial charge in [-0.3, -0.25) is 9.48 Å². The van der Waals surface area contributed by atoms with Crippen molar-refractivity contribution in [1.82, 2.24) is 9.78 Å². The fourth-order valence-corrected chi connectivity index (χ4v) is 2.27.